The van der Waals surface area contributed by atoms with Crippen molar-refractivity contribution in [3.63, 3.8) is 0 Å². The Kier molecular flexibility index (Phi) is 4.15. The molecule has 6 nitrogen and oxygen atoms in total. The van der Waals surface area contributed by atoms with E-state index in [1.807, 2.05) is 19.4 Å². The zero-order valence-corrected chi connectivity index (χ0v) is 14.3. The molecule has 0 radical (unpaired) electrons. The fraction of sp³-hybridized carbons (Fsp3) is 0.400. The minimum absolute atomic E-state index is 0.589. The molecule has 0 spiro atoms. The maximum Gasteiger partial charge on any atom is 0.165 e. The lowest BCUT2D eigenvalue weighted by molar-refractivity contribution is 0.704. The number of nitrogens with two attached hydrogens (primary N) is 1. The van der Waals surface area contributed by atoms with Crippen molar-refractivity contribution in [1.29, 1.82) is 0 Å². The van der Waals surface area contributed by atoms with Gasteiger partial charge in [-0.1, -0.05) is 19.8 Å². The number of nitrogen functional groups attached to an aromatic ring is 1. The number of anilines is 1. The summed E-state index contributed by atoms with van der Waals surface area (Å²) in [4.78, 5) is 4.79. The predicted molar refractivity (Wildman–Crippen MR) is 90.5 cm³/mol. The Morgan fingerprint density at radius 2 is 2.05 bits per heavy atom. The summed E-state index contributed by atoms with van der Waals surface area (Å²) in [6.07, 6.45) is 9.94. The predicted octanol–water partition coefficient (Wildman–Crippen LogP) is 3.21. The van der Waals surface area contributed by atoms with Crippen molar-refractivity contribution in [1.82, 2.24) is 24.4 Å². The lowest BCUT2D eigenvalue weighted by Crippen LogP contribution is -2.05. The van der Waals surface area contributed by atoms with E-state index in [9.17, 15) is 0 Å². The average Bonchev–Trinajstić information content (AvgIpc) is 3.10. The fourth-order valence-electron chi connectivity index (χ4n) is 2.52. The Hall–Kier alpha value is -1.89. The van der Waals surface area contributed by atoms with Gasteiger partial charge in [-0.2, -0.15) is 14.7 Å². The number of aromatic nitrogens is 5. The molecule has 3 rings (SSSR count). The van der Waals surface area contributed by atoms with Crippen molar-refractivity contribution in [2.45, 2.75) is 32.6 Å². The minimum atomic E-state index is 0.589. The van der Waals surface area contributed by atoms with Gasteiger partial charge < -0.3 is 5.73 Å². The van der Waals surface area contributed by atoms with Gasteiger partial charge in [0.25, 0.3) is 0 Å². The Bertz CT molecular complexity index is 804. The molecule has 0 saturated carbocycles. The van der Waals surface area contributed by atoms with Gasteiger partial charge in [-0.3, -0.25) is 4.68 Å². The number of hydrogen-bond acceptors (Lipinski definition) is 4. The molecule has 0 aromatic carbocycles. The monoisotopic (exact) mass is 362 g/mol. The van der Waals surface area contributed by atoms with E-state index < -0.39 is 0 Å². The van der Waals surface area contributed by atoms with Crippen LogP contribution in [0.5, 0.6) is 0 Å². The molecule has 0 aliphatic heterocycles. The molecule has 3 aromatic heterocycles. The second-order valence-corrected chi connectivity index (χ2v) is 6.20. The highest BCUT2D eigenvalue weighted by Gasteiger charge is 2.16. The van der Waals surface area contributed by atoms with E-state index in [2.05, 4.69) is 33.1 Å². The van der Waals surface area contributed by atoms with E-state index >= 15 is 0 Å². The van der Waals surface area contributed by atoms with E-state index in [1.165, 1.54) is 12.8 Å². The largest absolute Gasteiger partial charge is 0.383 e. The lowest BCUT2D eigenvalue weighted by Gasteiger charge is -2.08. The molecule has 0 fully saturated rings. The van der Waals surface area contributed by atoms with Crippen LogP contribution in [-0.2, 0) is 13.5 Å². The third-order valence-corrected chi connectivity index (χ3v) is 4.59. The summed E-state index contributed by atoms with van der Waals surface area (Å²) in [6.45, 7) is 2.19. The Morgan fingerprint density at radius 3 is 2.73 bits per heavy atom. The van der Waals surface area contributed by atoms with Crippen LogP contribution in [0, 0.1) is 0 Å². The van der Waals surface area contributed by atoms with Crippen LogP contribution in [0.25, 0.3) is 16.8 Å². The Labute approximate surface area is 137 Å². The zero-order chi connectivity index (χ0) is 15.7. The van der Waals surface area contributed by atoms with Crippen LogP contribution in [0.3, 0.4) is 0 Å². The van der Waals surface area contributed by atoms with Crippen molar-refractivity contribution in [2.24, 2.45) is 7.05 Å². The summed E-state index contributed by atoms with van der Waals surface area (Å²) in [6, 6.07) is 0. The highest BCUT2D eigenvalue weighted by atomic mass is 79.9. The van der Waals surface area contributed by atoms with Crippen LogP contribution < -0.4 is 5.73 Å². The molecule has 3 heterocycles. The van der Waals surface area contributed by atoms with Crippen molar-refractivity contribution in [2.75, 3.05) is 5.73 Å². The molecule has 0 amide bonds. The molecule has 2 N–H and O–H groups in total. The maximum atomic E-state index is 6.21. The van der Waals surface area contributed by atoms with Gasteiger partial charge in [0.15, 0.2) is 5.65 Å². The summed E-state index contributed by atoms with van der Waals surface area (Å²) in [5, 5.41) is 8.58. The molecular formula is C15H19BrN6. The molecule has 0 bridgehead atoms. The zero-order valence-electron chi connectivity index (χ0n) is 12.8. The first-order valence-electron chi connectivity index (χ1n) is 7.42. The van der Waals surface area contributed by atoms with Crippen LogP contribution in [0.15, 0.2) is 23.1 Å². The molecule has 0 aliphatic carbocycles. The van der Waals surface area contributed by atoms with Gasteiger partial charge in [0.05, 0.1) is 22.6 Å². The standard InChI is InChI=1S/C15H19BrN6/c1-3-4-5-6-12-13(16)14(17)22-15(20-12)11(8-19-22)10-7-18-21(2)9-10/h7-9H,3-6,17H2,1-2H3. The molecule has 0 saturated heterocycles. The fourth-order valence-corrected chi connectivity index (χ4v) is 2.97. The number of halogens is 1. The number of unbranched alkanes of at least 4 members (excludes halogenated alkanes) is 2. The first-order valence-corrected chi connectivity index (χ1v) is 8.21. The third-order valence-electron chi connectivity index (χ3n) is 3.72. The summed E-state index contributed by atoms with van der Waals surface area (Å²) in [7, 11) is 1.89. The highest BCUT2D eigenvalue weighted by molar-refractivity contribution is 9.10. The summed E-state index contributed by atoms with van der Waals surface area (Å²) < 4.78 is 4.29. The van der Waals surface area contributed by atoms with Gasteiger partial charge in [-0.15, -0.1) is 0 Å². The van der Waals surface area contributed by atoms with Gasteiger partial charge in [0, 0.05) is 24.4 Å². The van der Waals surface area contributed by atoms with Crippen molar-refractivity contribution in [3.05, 3.63) is 28.8 Å². The highest BCUT2D eigenvalue weighted by Crippen LogP contribution is 2.30. The molecule has 116 valence electrons. The van der Waals surface area contributed by atoms with Crippen LogP contribution in [-0.4, -0.2) is 24.4 Å². The normalized spacial score (nSPS) is 11.4. The lowest BCUT2D eigenvalue weighted by atomic mass is 10.1. The summed E-state index contributed by atoms with van der Waals surface area (Å²) in [5.41, 5.74) is 9.92. The molecule has 0 atom stereocenters. The van der Waals surface area contributed by atoms with Crippen LogP contribution in [0.4, 0.5) is 5.82 Å². The Morgan fingerprint density at radius 1 is 1.23 bits per heavy atom. The molecule has 0 unspecified atom stereocenters. The van der Waals surface area contributed by atoms with Crippen LogP contribution in [0.2, 0.25) is 0 Å². The summed E-state index contributed by atoms with van der Waals surface area (Å²) in [5.74, 6) is 0.589. The Balaban J connectivity index is 2.09. The van der Waals surface area contributed by atoms with E-state index in [-0.39, 0.29) is 0 Å². The average molecular weight is 363 g/mol. The number of nitrogens with zero attached hydrogens (tertiary/aromatic N) is 5. The van der Waals surface area contributed by atoms with E-state index in [1.54, 1.807) is 15.4 Å². The number of aryl methyl sites for hydroxylation is 2. The van der Waals surface area contributed by atoms with Gasteiger partial charge in [0.2, 0.25) is 0 Å². The van der Waals surface area contributed by atoms with Gasteiger partial charge in [-0.25, -0.2) is 4.98 Å². The third kappa shape index (κ3) is 2.61. The van der Waals surface area contributed by atoms with E-state index in [0.717, 1.165) is 39.8 Å². The van der Waals surface area contributed by atoms with Gasteiger partial charge in [-0.05, 0) is 28.8 Å². The number of fused-ring (bicyclic) bond motifs is 1. The molecule has 22 heavy (non-hydrogen) atoms. The topological polar surface area (TPSA) is 74.0 Å². The first kappa shape index (κ1) is 15.0. The van der Waals surface area contributed by atoms with Crippen molar-refractivity contribution >= 4 is 27.4 Å². The molecule has 7 heteroatoms. The van der Waals surface area contributed by atoms with E-state index in [4.69, 9.17) is 10.7 Å². The van der Waals surface area contributed by atoms with E-state index in [0.29, 0.717) is 5.82 Å². The quantitative estimate of drug-likeness (QED) is 0.707. The number of hydrogen-bond donors (Lipinski definition) is 1. The summed E-state index contributed by atoms with van der Waals surface area (Å²) >= 11 is 3.56. The number of rotatable bonds is 5. The van der Waals surface area contributed by atoms with Crippen LogP contribution in [0.1, 0.15) is 31.9 Å². The minimum Gasteiger partial charge on any atom is -0.383 e. The SMILES string of the molecule is CCCCCc1nc2c(-c3cnn(C)c3)cnn2c(N)c1Br. The molecular weight excluding hydrogens is 344 g/mol. The second kappa shape index (κ2) is 6.08. The molecule has 3 aromatic rings. The van der Waals surface area contributed by atoms with Crippen molar-refractivity contribution < 1.29 is 0 Å². The van der Waals surface area contributed by atoms with Gasteiger partial charge >= 0.3 is 0 Å². The molecule has 0 aliphatic rings. The van der Waals surface area contributed by atoms with Crippen molar-refractivity contribution in [3.8, 4) is 11.1 Å². The second-order valence-electron chi connectivity index (χ2n) is 5.41. The maximum absolute atomic E-state index is 6.21. The van der Waals surface area contributed by atoms with Gasteiger partial charge in [0.1, 0.15) is 5.82 Å². The first-order chi connectivity index (χ1) is 10.6. The van der Waals surface area contributed by atoms with Crippen LogP contribution >= 0.6 is 15.9 Å². The smallest absolute Gasteiger partial charge is 0.165 e.